The van der Waals surface area contributed by atoms with Gasteiger partial charge in [0.15, 0.2) is 6.29 Å². The van der Waals surface area contributed by atoms with Crippen molar-refractivity contribution in [2.45, 2.75) is 129 Å². The number of rotatable bonds is 20. The molecule has 0 unspecified atom stereocenters. The average molecular weight is 981 g/mol. The Kier molecular flexibility index (Phi) is 18.0. The second-order valence-corrected chi connectivity index (χ2v) is 18.3. The number of nitrogens with one attached hydrogen (secondary N) is 3. The number of carbonyl (C=O) groups excluding carboxylic acids is 2. The van der Waals surface area contributed by atoms with Crippen LogP contribution in [0.5, 0.6) is 0 Å². The summed E-state index contributed by atoms with van der Waals surface area (Å²) in [5, 5.41) is 124. The lowest BCUT2D eigenvalue weighted by Gasteiger charge is -2.52. The molecule has 0 aliphatic carbocycles. The molecule has 3 saturated heterocycles. The Hall–Kier alpha value is -3.82. The largest absolute Gasteiger partial charge is 0.477 e. The summed E-state index contributed by atoms with van der Waals surface area (Å²) >= 11 is 0. The zero-order valence-electron chi connectivity index (χ0n) is 36.8. The predicted molar refractivity (Wildman–Crippen MR) is 225 cm³/mol. The monoisotopic (exact) mass is 980 g/mol. The first kappa shape index (κ1) is 54.1. The van der Waals surface area contributed by atoms with Crippen LogP contribution >= 0.6 is 0 Å². The van der Waals surface area contributed by atoms with Crippen LogP contribution in [0, 0.1) is 0 Å². The zero-order chi connectivity index (χ0) is 49.8. The first-order chi connectivity index (χ1) is 31.5. The molecule has 0 radical (unpaired) electrons. The highest BCUT2D eigenvalue weighted by molar-refractivity contribution is 7.89. The van der Waals surface area contributed by atoms with Crippen molar-refractivity contribution in [2.24, 2.45) is 0 Å². The Morgan fingerprint density at radius 2 is 1.57 bits per heavy atom. The number of benzene rings is 2. The van der Waals surface area contributed by atoms with Crippen molar-refractivity contribution in [1.29, 1.82) is 0 Å². The second kappa shape index (κ2) is 22.3. The SMILES string of the molecule is CC(=O)N[C@H]1[C@H]([C@H](O)[C@H](O)CO)O[C@@](O[C@H]2[C@@H](O)[C@@H](CO)O[C@@H](O[C@@H]3[C@@H](CO)O[C@@H](OCCCNS(=O)(=O)c4cccc5c(N(C)C)cccc45)[C@@](O)(NC(C)=O)[C@H]3O)[C@@H]2O)(C(=O)O)C[C@@H]1O. The minimum absolute atomic E-state index is 0.0118. The molecule has 14 N–H and O–H groups in total. The zero-order valence-corrected chi connectivity index (χ0v) is 37.6. The molecule has 27 heteroatoms. The summed E-state index contributed by atoms with van der Waals surface area (Å²) in [6.45, 7) is -1.79. The summed E-state index contributed by atoms with van der Waals surface area (Å²) in [4.78, 5) is 39.1. The summed E-state index contributed by atoms with van der Waals surface area (Å²) in [5.74, 6) is -6.90. The molecule has 2 aromatic rings. The minimum Gasteiger partial charge on any atom is -0.477 e. The van der Waals surface area contributed by atoms with Crippen LogP contribution in [0.25, 0.3) is 10.8 Å². The van der Waals surface area contributed by atoms with Gasteiger partial charge in [-0.25, -0.2) is 17.9 Å². The standard InChI is InChI=1S/C40H60N4O22S/c1-18(48)42-28-23(50)14-39(37(56)57,65-33(28)29(52)24(51)15-45)66-34-30(53)25(16-46)62-36(31(34)54)64-32-26(17-47)63-38(40(58,35(32)55)43-19(2)49)61-13-7-12-41-67(59,60)27-11-6-8-20-21(27)9-5-10-22(20)44(3)4/h5-6,8-11,23-26,28-36,38,41,45-47,50-55,58H,7,12-17H2,1-4H3,(H,42,48)(H,43,49)(H,56,57)/t23-,24+,25+,26+,28+,29+,30-,31+,32+,33+,34-,35-,36-,38+,39-,40+/m0/s1. The first-order valence-corrected chi connectivity index (χ1v) is 22.5. The maximum atomic E-state index is 13.4. The summed E-state index contributed by atoms with van der Waals surface area (Å²) < 4.78 is 63.3. The predicted octanol–water partition coefficient (Wildman–Crippen LogP) is -6.15. The second-order valence-electron chi connectivity index (χ2n) is 16.6. The number of carboxylic acid groups (broad SMARTS) is 1. The molecule has 3 heterocycles. The number of aliphatic hydroxyl groups is 10. The van der Waals surface area contributed by atoms with Crippen LogP contribution in [0.1, 0.15) is 26.7 Å². The normalized spacial score (nSPS) is 34.5. The van der Waals surface area contributed by atoms with Crippen LogP contribution in [-0.2, 0) is 52.8 Å². The highest BCUT2D eigenvalue weighted by Crippen LogP contribution is 2.39. The van der Waals surface area contributed by atoms with E-state index >= 15 is 0 Å². The molecule has 3 aliphatic heterocycles. The van der Waals surface area contributed by atoms with Crippen molar-refractivity contribution in [1.82, 2.24) is 15.4 Å². The van der Waals surface area contributed by atoms with Gasteiger partial charge in [-0.1, -0.05) is 24.3 Å². The van der Waals surface area contributed by atoms with Gasteiger partial charge in [-0.3, -0.25) is 9.59 Å². The molecule has 378 valence electrons. The molecule has 5 rings (SSSR count). The van der Waals surface area contributed by atoms with Crippen molar-refractivity contribution in [2.75, 3.05) is 52.0 Å². The lowest BCUT2D eigenvalue weighted by Crippen LogP contribution is -2.75. The van der Waals surface area contributed by atoms with Gasteiger partial charge in [0.05, 0.1) is 43.5 Å². The van der Waals surface area contributed by atoms with Gasteiger partial charge in [-0.2, -0.15) is 0 Å². The molecule has 0 bridgehead atoms. The molecular formula is C40H60N4O22S. The Labute approximate surface area is 383 Å². The number of anilines is 1. The average Bonchev–Trinajstić information content (AvgIpc) is 3.27. The van der Waals surface area contributed by atoms with Crippen molar-refractivity contribution < 1.29 is 107 Å². The topological polar surface area (TPSA) is 403 Å². The van der Waals surface area contributed by atoms with E-state index in [1.54, 1.807) is 24.3 Å². The molecular weight excluding hydrogens is 921 g/mol. The number of aliphatic carboxylic acids is 1. The Morgan fingerprint density at radius 3 is 2.16 bits per heavy atom. The van der Waals surface area contributed by atoms with E-state index in [-0.39, 0.29) is 24.5 Å². The van der Waals surface area contributed by atoms with E-state index < -0.39 is 151 Å². The van der Waals surface area contributed by atoms with Gasteiger partial charge in [0.25, 0.3) is 5.79 Å². The van der Waals surface area contributed by atoms with Gasteiger partial charge in [-0.15, -0.1) is 0 Å². The van der Waals surface area contributed by atoms with Crippen molar-refractivity contribution in [3.05, 3.63) is 36.4 Å². The fraction of sp³-hybridized carbons (Fsp3) is 0.675. The fourth-order valence-electron chi connectivity index (χ4n) is 8.19. The third kappa shape index (κ3) is 11.6. The number of amides is 2. The number of hydrogen-bond donors (Lipinski definition) is 14. The van der Waals surface area contributed by atoms with E-state index in [4.69, 9.17) is 28.4 Å². The third-order valence-electron chi connectivity index (χ3n) is 11.5. The number of nitrogens with zero attached hydrogens (tertiary/aromatic N) is 1. The molecule has 67 heavy (non-hydrogen) atoms. The maximum absolute atomic E-state index is 13.4. The van der Waals surface area contributed by atoms with E-state index in [1.807, 2.05) is 25.1 Å². The lowest BCUT2D eigenvalue weighted by molar-refractivity contribution is -0.397. The van der Waals surface area contributed by atoms with Crippen molar-refractivity contribution in [3.63, 3.8) is 0 Å². The number of carbonyl (C=O) groups is 3. The molecule has 0 saturated carbocycles. The number of sulfonamides is 1. The highest BCUT2D eigenvalue weighted by Gasteiger charge is 2.62. The molecule has 0 aromatic heterocycles. The molecule has 26 nitrogen and oxygen atoms in total. The minimum atomic E-state index is -4.08. The van der Waals surface area contributed by atoms with Crippen LogP contribution < -0.4 is 20.3 Å². The van der Waals surface area contributed by atoms with Gasteiger partial charge >= 0.3 is 5.97 Å². The number of hydrogen-bond acceptors (Lipinski definition) is 22. The Balaban J connectivity index is 1.33. The number of carboxylic acids is 1. The summed E-state index contributed by atoms with van der Waals surface area (Å²) in [5.41, 5.74) is -2.13. The Morgan fingerprint density at radius 1 is 0.910 bits per heavy atom. The van der Waals surface area contributed by atoms with Gasteiger partial charge in [0, 0.05) is 57.4 Å². The van der Waals surface area contributed by atoms with E-state index in [2.05, 4.69) is 15.4 Å². The van der Waals surface area contributed by atoms with E-state index in [1.165, 1.54) is 6.07 Å². The molecule has 0 spiro atoms. The molecule has 3 aliphatic rings. The van der Waals surface area contributed by atoms with E-state index in [9.17, 15) is 79.0 Å². The number of fused-ring (bicyclic) bond motifs is 1. The molecule has 3 fully saturated rings. The first-order valence-electron chi connectivity index (χ1n) is 21.0. The van der Waals surface area contributed by atoms with Gasteiger partial charge < -0.3 is 100 Å². The van der Waals surface area contributed by atoms with Gasteiger partial charge in [-0.05, 0) is 18.6 Å². The maximum Gasteiger partial charge on any atom is 0.364 e. The molecule has 16 atom stereocenters. The van der Waals surface area contributed by atoms with Crippen LogP contribution in [0.2, 0.25) is 0 Å². The summed E-state index contributed by atoms with van der Waals surface area (Å²) in [7, 11) is -0.441. The third-order valence-corrected chi connectivity index (χ3v) is 13.0. The van der Waals surface area contributed by atoms with Crippen LogP contribution in [0.4, 0.5) is 5.69 Å². The van der Waals surface area contributed by atoms with Gasteiger partial charge in [0.1, 0.15) is 61.0 Å². The number of aliphatic hydroxyl groups excluding tert-OH is 9. The molecule has 2 amide bonds. The van der Waals surface area contributed by atoms with Crippen LogP contribution in [0.3, 0.4) is 0 Å². The van der Waals surface area contributed by atoms with Gasteiger partial charge in [0.2, 0.25) is 33.9 Å². The van der Waals surface area contributed by atoms with E-state index in [0.717, 1.165) is 19.5 Å². The lowest BCUT2D eigenvalue weighted by atomic mass is 9.88. The van der Waals surface area contributed by atoms with Crippen molar-refractivity contribution in [3.8, 4) is 0 Å². The van der Waals surface area contributed by atoms with Crippen LogP contribution in [-0.4, -0.2) is 227 Å². The van der Waals surface area contributed by atoms with Crippen LogP contribution in [0.15, 0.2) is 41.3 Å². The van der Waals surface area contributed by atoms with Crippen molar-refractivity contribution >= 4 is 44.3 Å². The highest BCUT2D eigenvalue weighted by atomic mass is 32.2. The summed E-state index contributed by atoms with van der Waals surface area (Å²) in [6, 6.07) is 8.45. The molecule has 2 aromatic carbocycles. The Bertz CT molecular complexity index is 2140. The summed E-state index contributed by atoms with van der Waals surface area (Å²) in [6.07, 6.45) is -28.0. The quantitative estimate of drug-likeness (QED) is 0.0434. The number of ether oxygens (including phenoxy) is 6. The smallest absolute Gasteiger partial charge is 0.364 e. The fourth-order valence-corrected chi connectivity index (χ4v) is 9.48. The van der Waals surface area contributed by atoms with E-state index in [0.29, 0.717) is 10.8 Å².